The molecule has 2 N–H and O–H groups in total. The summed E-state index contributed by atoms with van der Waals surface area (Å²) in [4.78, 5) is 4.04. The molecule has 0 spiro atoms. The number of pyridine rings is 1. The fourth-order valence-electron chi connectivity index (χ4n) is 1.01. The van der Waals surface area contributed by atoms with Crippen molar-refractivity contribution in [3.05, 3.63) is 30.1 Å². The molecule has 1 aromatic heterocycles. The molecular formula is C10H16N2. The van der Waals surface area contributed by atoms with Gasteiger partial charge in [-0.3, -0.25) is 4.98 Å². The number of nitrogens with zero attached hydrogens (tertiary/aromatic N) is 1. The maximum atomic E-state index is 5.86. The van der Waals surface area contributed by atoms with Gasteiger partial charge in [-0.25, -0.2) is 0 Å². The first-order valence-corrected chi connectivity index (χ1v) is 4.26. The van der Waals surface area contributed by atoms with Crippen LogP contribution in [0.15, 0.2) is 24.5 Å². The van der Waals surface area contributed by atoms with Crippen molar-refractivity contribution in [2.75, 3.05) is 0 Å². The molecule has 0 atom stereocenters. The third-order valence-electron chi connectivity index (χ3n) is 1.78. The number of aryl methyl sites for hydroxylation is 1. The molecule has 0 fully saturated rings. The smallest absolute Gasteiger partial charge is 0.0299 e. The molecule has 0 aliphatic rings. The Morgan fingerprint density at radius 2 is 2.25 bits per heavy atom. The highest BCUT2D eigenvalue weighted by Crippen LogP contribution is 2.09. The van der Waals surface area contributed by atoms with Crippen LogP contribution in [-0.2, 0) is 6.42 Å². The average Bonchev–Trinajstić information content (AvgIpc) is 2.02. The summed E-state index contributed by atoms with van der Waals surface area (Å²) in [6, 6.07) is 4.04. The summed E-state index contributed by atoms with van der Waals surface area (Å²) in [5, 5.41) is 0. The van der Waals surface area contributed by atoms with Crippen LogP contribution in [0.1, 0.15) is 25.8 Å². The molecule has 0 radical (unpaired) electrons. The van der Waals surface area contributed by atoms with Crippen LogP contribution in [0.4, 0.5) is 0 Å². The van der Waals surface area contributed by atoms with E-state index in [1.54, 1.807) is 6.20 Å². The third kappa shape index (κ3) is 3.49. The van der Waals surface area contributed by atoms with Crippen molar-refractivity contribution >= 4 is 0 Å². The largest absolute Gasteiger partial charge is 0.326 e. The monoisotopic (exact) mass is 164 g/mol. The SMILES string of the molecule is CC(C)(N)CCc1cccnc1. The molecule has 1 heterocycles. The van der Waals surface area contributed by atoms with Gasteiger partial charge in [0.2, 0.25) is 0 Å². The second-order valence-corrected chi connectivity index (χ2v) is 3.85. The maximum Gasteiger partial charge on any atom is 0.0299 e. The Balaban J connectivity index is 2.44. The lowest BCUT2D eigenvalue weighted by Crippen LogP contribution is -2.32. The number of nitrogens with two attached hydrogens (primary N) is 1. The Morgan fingerprint density at radius 3 is 2.75 bits per heavy atom. The lowest BCUT2D eigenvalue weighted by atomic mass is 9.97. The zero-order valence-corrected chi connectivity index (χ0v) is 7.75. The van der Waals surface area contributed by atoms with Gasteiger partial charge >= 0.3 is 0 Å². The minimum absolute atomic E-state index is 0.0736. The molecule has 1 rings (SSSR count). The van der Waals surface area contributed by atoms with Gasteiger partial charge in [-0.05, 0) is 38.3 Å². The zero-order chi connectivity index (χ0) is 9.03. The fraction of sp³-hybridized carbons (Fsp3) is 0.500. The zero-order valence-electron chi connectivity index (χ0n) is 7.75. The highest BCUT2D eigenvalue weighted by Gasteiger charge is 2.09. The lowest BCUT2D eigenvalue weighted by molar-refractivity contribution is 0.476. The first-order chi connectivity index (χ1) is 5.58. The van der Waals surface area contributed by atoms with Crippen LogP contribution in [0.3, 0.4) is 0 Å². The highest BCUT2D eigenvalue weighted by molar-refractivity contribution is 5.08. The molecule has 12 heavy (non-hydrogen) atoms. The average molecular weight is 164 g/mol. The lowest BCUT2D eigenvalue weighted by Gasteiger charge is -2.17. The van der Waals surface area contributed by atoms with Crippen LogP contribution in [0, 0.1) is 0 Å². The summed E-state index contributed by atoms with van der Waals surface area (Å²) in [6.07, 6.45) is 5.69. The molecule has 0 saturated heterocycles. The van der Waals surface area contributed by atoms with E-state index in [9.17, 15) is 0 Å². The van der Waals surface area contributed by atoms with Gasteiger partial charge in [-0.1, -0.05) is 6.07 Å². The van der Waals surface area contributed by atoms with Crippen molar-refractivity contribution in [2.24, 2.45) is 5.73 Å². The van der Waals surface area contributed by atoms with E-state index in [2.05, 4.69) is 11.1 Å². The van der Waals surface area contributed by atoms with Crippen molar-refractivity contribution in [2.45, 2.75) is 32.2 Å². The van der Waals surface area contributed by atoms with E-state index < -0.39 is 0 Å². The van der Waals surface area contributed by atoms with E-state index in [-0.39, 0.29) is 5.54 Å². The molecule has 0 aromatic carbocycles. The van der Waals surface area contributed by atoms with E-state index in [0.29, 0.717) is 0 Å². The molecular weight excluding hydrogens is 148 g/mol. The minimum atomic E-state index is -0.0736. The second-order valence-electron chi connectivity index (χ2n) is 3.85. The topological polar surface area (TPSA) is 38.9 Å². The van der Waals surface area contributed by atoms with Crippen molar-refractivity contribution in [3.8, 4) is 0 Å². The maximum absolute atomic E-state index is 5.86. The van der Waals surface area contributed by atoms with Crippen molar-refractivity contribution in [3.63, 3.8) is 0 Å². The minimum Gasteiger partial charge on any atom is -0.326 e. The first-order valence-electron chi connectivity index (χ1n) is 4.26. The van der Waals surface area contributed by atoms with Gasteiger partial charge in [-0.2, -0.15) is 0 Å². The molecule has 2 heteroatoms. The van der Waals surface area contributed by atoms with Gasteiger partial charge in [0.1, 0.15) is 0 Å². The number of aromatic nitrogens is 1. The summed E-state index contributed by atoms with van der Waals surface area (Å²) in [5.74, 6) is 0. The van der Waals surface area contributed by atoms with Gasteiger partial charge in [0.25, 0.3) is 0 Å². The molecule has 66 valence electrons. The van der Waals surface area contributed by atoms with Gasteiger partial charge < -0.3 is 5.73 Å². The predicted molar refractivity (Wildman–Crippen MR) is 50.8 cm³/mol. The quantitative estimate of drug-likeness (QED) is 0.739. The molecule has 2 nitrogen and oxygen atoms in total. The van der Waals surface area contributed by atoms with Gasteiger partial charge in [-0.15, -0.1) is 0 Å². The van der Waals surface area contributed by atoms with Crippen molar-refractivity contribution < 1.29 is 0 Å². The van der Waals surface area contributed by atoms with E-state index in [1.807, 2.05) is 26.1 Å². The molecule has 1 aromatic rings. The van der Waals surface area contributed by atoms with Crippen LogP contribution in [-0.4, -0.2) is 10.5 Å². The molecule has 0 unspecified atom stereocenters. The molecule has 0 bridgehead atoms. The van der Waals surface area contributed by atoms with E-state index in [0.717, 1.165) is 12.8 Å². The summed E-state index contributed by atoms with van der Waals surface area (Å²) < 4.78 is 0. The molecule has 0 saturated carbocycles. The highest BCUT2D eigenvalue weighted by atomic mass is 14.7. The first kappa shape index (κ1) is 9.20. The van der Waals surface area contributed by atoms with Gasteiger partial charge in [0, 0.05) is 17.9 Å². The number of rotatable bonds is 3. The van der Waals surface area contributed by atoms with Crippen LogP contribution >= 0.6 is 0 Å². The third-order valence-corrected chi connectivity index (χ3v) is 1.78. The Bertz CT molecular complexity index is 223. The predicted octanol–water partition coefficient (Wildman–Crippen LogP) is 1.75. The Morgan fingerprint density at radius 1 is 1.50 bits per heavy atom. The van der Waals surface area contributed by atoms with E-state index >= 15 is 0 Å². The summed E-state index contributed by atoms with van der Waals surface area (Å²) in [7, 11) is 0. The fourth-order valence-corrected chi connectivity index (χ4v) is 1.01. The molecule has 0 aliphatic carbocycles. The Hall–Kier alpha value is -0.890. The van der Waals surface area contributed by atoms with Crippen LogP contribution in [0.25, 0.3) is 0 Å². The van der Waals surface area contributed by atoms with Crippen molar-refractivity contribution in [1.29, 1.82) is 0 Å². The number of hydrogen-bond acceptors (Lipinski definition) is 2. The van der Waals surface area contributed by atoms with E-state index in [1.165, 1.54) is 5.56 Å². The Labute approximate surface area is 73.8 Å². The second kappa shape index (κ2) is 3.68. The van der Waals surface area contributed by atoms with Crippen LogP contribution < -0.4 is 5.73 Å². The summed E-state index contributed by atoms with van der Waals surface area (Å²) >= 11 is 0. The standard InChI is InChI=1S/C10H16N2/c1-10(2,11)6-5-9-4-3-7-12-8-9/h3-4,7-8H,5-6,11H2,1-2H3. The van der Waals surface area contributed by atoms with Crippen molar-refractivity contribution in [1.82, 2.24) is 4.98 Å². The summed E-state index contributed by atoms with van der Waals surface area (Å²) in [5.41, 5.74) is 7.05. The normalized spacial score (nSPS) is 11.6. The van der Waals surface area contributed by atoms with Crippen LogP contribution in [0.5, 0.6) is 0 Å². The number of hydrogen-bond donors (Lipinski definition) is 1. The van der Waals surface area contributed by atoms with Crippen LogP contribution in [0.2, 0.25) is 0 Å². The van der Waals surface area contributed by atoms with Gasteiger partial charge in [0.05, 0.1) is 0 Å². The summed E-state index contributed by atoms with van der Waals surface area (Å²) in [6.45, 7) is 4.09. The molecule has 0 amide bonds. The van der Waals surface area contributed by atoms with E-state index in [4.69, 9.17) is 5.73 Å². The molecule has 0 aliphatic heterocycles. The Kier molecular flexibility index (Phi) is 2.82. The van der Waals surface area contributed by atoms with Gasteiger partial charge in [0.15, 0.2) is 0 Å².